The van der Waals surface area contributed by atoms with Crippen molar-refractivity contribution in [2.45, 2.75) is 13.3 Å². The van der Waals surface area contributed by atoms with Gasteiger partial charge in [-0.25, -0.2) is 4.98 Å². The van der Waals surface area contributed by atoms with Gasteiger partial charge in [0.05, 0.1) is 23.9 Å². The predicted octanol–water partition coefficient (Wildman–Crippen LogP) is 4.35. The zero-order valence-corrected chi connectivity index (χ0v) is 14.4. The second-order valence-corrected chi connectivity index (χ2v) is 6.21. The minimum atomic E-state index is -0.195. The molecule has 1 aromatic heterocycles. The van der Waals surface area contributed by atoms with Gasteiger partial charge in [-0.3, -0.25) is 10.1 Å². The molecule has 0 spiro atoms. The second-order valence-electron chi connectivity index (χ2n) is 5.18. The second kappa shape index (κ2) is 7.31. The fourth-order valence-corrected chi connectivity index (χ4v) is 3.07. The average Bonchev–Trinajstić information content (AvgIpc) is 3.01. The summed E-state index contributed by atoms with van der Waals surface area (Å²) in [6.07, 6.45) is 0.962. The number of ether oxygens (including phenoxy) is 2. The van der Waals surface area contributed by atoms with Crippen LogP contribution >= 0.6 is 11.3 Å². The molecular weight excluding hydrogens is 324 g/mol. The monoisotopic (exact) mass is 342 g/mol. The van der Waals surface area contributed by atoms with Crippen LogP contribution in [-0.4, -0.2) is 24.6 Å². The number of methoxy groups -OCH3 is 1. The molecule has 0 radical (unpaired) electrons. The number of carbonyl (C=O) groups excluding carboxylic acids is 1. The largest absolute Gasteiger partial charge is 0.497 e. The fourth-order valence-electron chi connectivity index (χ4n) is 2.18. The third-order valence-corrected chi connectivity index (χ3v) is 4.34. The Labute approximate surface area is 144 Å². The topological polar surface area (TPSA) is 60.5 Å². The van der Waals surface area contributed by atoms with Crippen molar-refractivity contribution < 1.29 is 14.3 Å². The molecule has 0 aliphatic carbocycles. The van der Waals surface area contributed by atoms with E-state index in [1.165, 1.54) is 11.3 Å². The Morgan fingerprint density at radius 2 is 1.92 bits per heavy atom. The molecule has 0 atom stereocenters. The molecule has 5 nitrogen and oxygen atoms in total. The summed E-state index contributed by atoms with van der Waals surface area (Å²) in [5.41, 5.74) is 1.40. The van der Waals surface area contributed by atoms with Gasteiger partial charge in [-0.2, -0.15) is 0 Å². The Kier molecular flexibility index (Phi) is 4.96. The van der Waals surface area contributed by atoms with Crippen molar-refractivity contribution in [2.24, 2.45) is 0 Å². The first kappa shape index (κ1) is 16.3. The zero-order chi connectivity index (χ0) is 16.9. The van der Waals surface area contributed by atoms with E-state index in [4.69, 9.17) is 9.47 Å². The molecule has 2 aromatic carbocycles. The van der Waals surface area contributed by atoms with Crippen LogP contribution in [0.25, 0.3) is 10.2 Å². The minimum absolute atomic E-state index is 0.195. The molecule has 0 fully saturated rings. The molecule has 1 heterocycles. The average molecular weight is 342 g/mol. The molecule has 124 valence electrons. The van der Waals surface area contributed by atoms with Gasteiger partial charge in [0, 0.05) is 5.56 Å². The molecule has 0 saturated heterocycles. The molecular formula is C18H18N2O3S. The Bertz CT molecular complexity index is 843. The van der Waals surface area contributed by atoms with Crippen molar-refractivity contribution in [2.75, 3.05) is 19.0 Å². The number of hydrogen-bond donors (Lipinski definition) is 1. The highest BCUT2D eigenvalue weighted by Gasteiger charge is 2.10. The first-order chi connectivity index (χ1) is 11.7. The van der Waals surface area contributed by atoms with Crippen LogP contribution in [-0.2, 0) is 0 Å². The highest BCUT2D eigenvalue weighted by atomic mass is 32.1. The number of nitrogens with zero attached hydrogens (tertiary/aromatic N) is 1. The van der Waals surface area contributed by atoms with Crippen LogP contribution in [0.3, 0.4) is 0 Å². The van der Waals surface area contributed by atoms with Crippen molar-refractivity contribution in [3.63, 3.8) is 0 Å². The first-order valence-electron chi connectivity index (χ1n) is 7.68. The summed E-state index contributed by atoms with van der Waals surface area (Å²) in [7, 11) is 1.59. The fraction of sp³-hybridized carbons (Fsp3) is 0.222. The van der Waals surface area contributed by atoms with E-state index in [1.54, 1.807) is 31.4 Å². The lowest BCUT2D eigenvalue weighted by Crippen LogP contribution is -2.11. The summed E-state index contributed by atoms with van der Waals surface area (Å²) >= 11 is 1.43. The smallest absolute Gasteiger partial charge is 0.257 e. The van der Waals surface area contributed by atoms with Gasteiger partial charge in [0.15, 0.2) is 5.13 Å². The van der Waals surface area contributed by atoms with E-state index < -0.39 is 0 Å². The number of thiazole rings is 1. The summed E-state index contributed by atoms with van der Waals surface area (Å²) in [4.78, 5) is 16.7. The van der Waals surface area contributed by atoms with Gasteiger partial charge in [-0.15, -0.1) is 0 Å². The molecule has 0 unspecified atom stereocenters. The number of rotatable bonds is 6. The van der Waals surface area contributed by atoms with E-state index in [9.17, 15) is 4.79 Å². The molecule has 3 rings (SSSR count). The SMILES string of the molecule is CCCOc1ccc2nc(NC(=O)c3ccc(OC)cc3)sc2c1. The summed E-state index contributed by atoms with van der Waals surface area (Å²) in [5, 5.41) is 3.40. The maximum absolute atomic E-state index is 12.3. The van der Waals surface area contributed by atoms with Crippen LogP contribution < -0.4 is 14.8 Å². The Morgan fingerprint density at radius 1 is 1.17 bits per heavy atom. The van der Waals surface area contributed by atoms with Crippen LogP contribution in [0.2, 0.25) is 0 Å². The normalized spacial score (nSPS) is 10.6. The van der Waals surface area contributed by atoms with Crippen molar-refractivity contribution >= 4 is 32.6 Å². The third kappa shape index (κ3) is 3.65. The van der Waals surface area contributed by atoms with Crippen molar-refractivity contribution in [3.8, 4) is 11.5 Å². The minimum Gasteiger partial charge on any atom is -0.497 e. The van der Waals surface area contributed by atoms with Crippen molar-refractivity contribution in [1.29, 1.82) is 0 Å². The van der Waals surface area contributed by atoms with E-state index in [1.807, 2.05) is 18.2 Å². The zero-order valence-electron chi connectivity index (χ0n) is 13.5. The molecule has 0 bridgehead atoms. The Morgan fingerprint density at radius 3 is 2.62 bits per heavy atom. The van der Waals surface area contributed by atoms with Gasteiger partial charge < -0.3 is 9.47 Å². The van der Waals surface area contributed by atoms with Crippen molar-refractivity contribution in [1.82, 2.24) is 4.98 Å². The van der Waals surface area contributed by atoms with E-state index in [0.29, 0.717) is 23.1 Å². The van der Waals surface area contributed by atoms with Gasteiger partial charge in [-0.1, -0.05) is 18.3 Å². The molecule has 0 aliphatic rings. The lowest BCUT2D eigenvalue weighted by molar-refractivity contribution is 0.102. The van der Waals surface area contributed by atoms with Crippen LogP contribution in [0.4, 0.5) is 5.13 Å². The summed E-state index contributed by atoms with van der Waals surface area (Å²) < 4.78 is 11.7. The number of amides is 1. The lowest BCUT2D eigenvalue weighted by Gasteiger charge is -2.03. The van der Waals surface area contributed by atoms with Gasteiger partial charge in [0.1, 0.15) is 11.5 Å². The number of nitrogens with one attached hydrogen (secondary N) is 1. The maximum Gasteiger partial charge on any atom is 0.257 e. The maximum atomic E-state index is 12.3. The van der Waals surface area contributed by atoms with Crippen LogP contribution in [0, 0.1) is 0 Å². The number of benzene rings is 2. The number of aromatic nitrogens is 1. The predicted molar refractivity (Wildman–Crippen MR) is 96.4 cm³/mol. The van der Waals surface area contributed by atoms with E-state index in [0.717, 1.165) is 22.4 Å². The van der Waals surface area contributed by atoms with E-state index in [2.05, 4.69) is 17.2 Å². The van der Waals surface area contributed by atoms with Gasteiger partial charge >= 0.3 is 0 Å². The lowest BCUT2D eigenvalue weighted by atomic mass is 10.2. The van der Waals surface area contributed by atoms with E-state index >= 15 is 0 Å². The highest BCUT2D eigenvalue weighted by Crippen LogP contribution is 2.29. The molecule has 0 saturated carbocycles. The Hall–Kier alpha value is -2.60. The van der Waals surface area contributed by atoms with E-state index in [-0.39, 0.29) is 5.91 Å². The van der Waals surface area contributed by atoms with Gasteiger partial charge in [0.25, 0.3) is 5.91 Å². The molecule has 1 N–H and O–H groups in total. The van der Waals surface area contributed by atoms with Crippen LogP contribution in [0.15, 0.2) is 42.5 Å². The number of fused-ring (bicyclic) bond motifs is 1. The van der Waals surface area contributed by atoms with Gasteiger partial charge in [-0.05, 0) is 48.9 Å². The quantitative estimate of drug-likeness (QED) is 0.723. The third-order valence-electron chi connectivity index (χ3n) is 3.41. The molecule has 0 aliphatic heterocycles. The van der Waals surface area contributed by atoms with Crippen LogP contribution in [0.5, 0.6) is 11.5 Å². The number of carbonyl (C=O) groups is 1. The molecule has 6 heteroatoms. The first-order valence-corrected chi connectivity index (χ1v) is 8.50. The molecule has 24 heavy (non-hydrogen) atoms. The number of hydrogen-bond acceptors (Lipinski definition) is 5. The summed E-state index contributed by atoms with van der Waals surface area (Å²) in [5.74, 6) is 1.34. The molecule has 1 amide bonds. The summed E-state index contributed by atoms with van der Waals surface area (Å²) in [6, 6.07) is 12.7. The summed E-state index contributed by atoms with van der Waals surface area (Å²) in [6.45, 7) is 2.75. The highest BCUT2D eigenvalue weighted by molar-refractivity contribution is 7.22. The van der Waals surface area contributed by atoms with Gasteiger partial charge in [0.2, 0.25) is 0 Å². The van der Waals surface area contributed by atoms with Crippen LogP contribution in [0.1, 0.15) is 23.7 Å². The standard InChI is InChI=1S/C18H18N2O3S/c1-3-10-23-14-8-9-15-16(11-14)24-18(19-15)20-17(21)12-4-6-13(22-2)7-5-12/h4-9,11H,3,10H2,1-2H3,(H,19,20,21). The molecule has 3 aromatic rings. The Balaban J connectivity index is 1.75. The number of anilines is 1. The van der Waals surface area contributed by atoms with Crippen molar-refractivity contribution in [3.05, 3.63) is 48.0 Å².